The molecule has 2 aromatic rings. The van der Waals surface area contributed by atoms with Crippen LogP contribution in [0.2, 0.25) is 5.02 Å². The Morgan fingerprint density at radius 1 is 1.15 bits per heavy atom. The van der Waals surface area contributed by atoms with E-state index in [1.807, 2.05) is 19.1 Å². The van der Waals surface area contributed by atoms with Crippen molar-refractivity contribution >= 4 is 23.2 Å². The zero-order valence-electron chi connectivity index (χ0n) is 14.5. The van der Waals surface area contributed by atoms with Gasteiger partial charge in [-0.25, -0.2) is 0 Å². The summed E-state index contributed by atoms with van der Waals surface area (Å²) in [5, 5.41) is 3.27. The van der Waals surface area contributed by atoms with Crippen molar-refractivity contribution in [2.24, 2.45) is 0 Å². The smallest absolute Gasteiger partial charge is 0.322 e. The molecule has 0 heterocycles. The van der Waals surface area contributed by atoms with Crippen LogP contribution in [-0.4, -0.2) is 12.1 Å². The second-order valence-electron chi connectivity index (χ2n) is 6.29. The monoisotopic (exact) mass is 391 g/mol. The SMILES string of the molecule is Cc1cc(-c2ccccc2NC(=O)C2=C(C(F)(F)F)C=CCC2)ccc1Cl. The fraction of sp³-hybridized carbons (Fsp3) is 0.190. The van der Waals surface area contributed by atoms with Gasteiger partial charge in [-0.3, -0.25) is 4.79 Å². The molecule has 2 nitrogen and oxygen atoms in total. The molecule has 27 heavy (non-hydrogen) atoms. The Bertz CT molecular complexity index is 945. The van der Waals surface area contributed by atoms with Crippen LogP contribution in [0.3, 0.4) is 0 Å². The summed E-state index contributed by atoms with van der Waals surface area (Å²) in [6.07, 6.45) is -1.69. The van der Waals surface area contributed by atoms with Crippen molar-refractivity contribution in [3.05, 3.63) is 76.3 Å². The molecule has 0 bridgehead atoms. The number of allylic oxidation sites excluding steroid dienone is 3. The minimum Gasteiger partial charge on any atom is -0.322 e. The first-order valence-electron chi connectivity index (χ1n) is 8.41. The van der Waals surface area contributed by atoms with Crippen LogP contribution in [0.5, 0.6) is 0 Å². The summed E-state index contributed by atoms with van der Waals surface area (Å²) >= 11 is 6.06. The van der Waals surface area contributed by atoms with Gasteiger partial charge in [-0.05, 0) is 49.1 Å². The molecule has 0 spiro atoms. The average Bonchev–Trinajstić information content (AvgIpc) is 2.64. The van der Waals surface area contributed by atoms with Gasteiger partial charge in [-0.15, -0.1) is 0 Å². The van der Waals surface area contributed by atoms with Gasteiger partial charge >= 0.3 is 6.18 Å². The first kappa shape index (κ1) is 19.2. The van der Waals surface area contributed by atoms with E-state index in [1.54, 1.807) is 30.3 Å². The van der Waals surface area contributed by atoms with Crippen LogP contribution in [0.1, 0.15) is 18.4 Å². The maximum atomic E-state index is 13.2. The molecule has 1 amide bonds. The number of carbonyl (C=O) groups is 1. The topological polar surface area (TPSA) is 29.1 Å². The molecule has 1 aliphatic carbocycles. The number of carbonyl (C=O) groups excluding carboxylic acids is 1. The summed E-state index contributed by atoms with van der Waals surface area (Å²) in [6.45, 7) is 1.86. The van der Waals surface area contributed by atoms with Crippen molar-refractivity contribution in [2.75, 3.05) is 5.32 Å². The average molecular weight is 392 g/mol. The molecule has 0 atom stereocenters. The fourth-order valence-electron chi connectivity index (χ4n) is 3.02. The van der Waals surface area contributed by atoms with Crippen LogP contribution in [-0.2, 0) is 4.79 Å². The lowest BCUT2D eigenvalue weighted by Crippen LogP contribution is -2.23. The number of para-hydroxylation sites is 1. The Balaban J connectivity index is 1.97. The van der Waals surface area contributed by atoms with Crippen LogP contribution >= 0.6 is 11.6 Å². The van der Waals surface area contributed by atoms with E-state index in [-0.39, 0.29) is 12.0 Å². The van der Waals surface area contributed by atoms with Crippen molar-refractivity contribution in [2.45, 2.75) is 25.9 Å². The third kappa shape index (κ3) is 4.25. The van der Waals surface area contributed by atoms with Crippen LogP contribution in [0, 0.1) is 6.92 Å². The van der Waals surface area contributed by atoms with Crippen molar-refractivity contribution in [1.82, 2.24) is 0 Å². The largest absolute Gasteiger partial charge is 0.416 e. The van der Waals surface area contributed by atoms with Gasteiger partial charge in [0.05, 0.1) is 5.57 Å². The number of benzene rings is 2. The molecule has 0 radical (unpaired) electrons. The number of amides is 1. The first-order valence-corrected chi connectivity index (χ1v) is 8.79. The van der Waals surface area contributed by atoms with E-state index in [0.29, 0.717) is 22.7 Å². The van der Waals surface area contributed by atoms with Crippen molar-refractivity contribution < 1.29 is 18.0 Å². The van der Waals surface area contributed by atoms with Crippen molar-refractivity contribution in [3.8, 4) is 11.1 Å². The third-order valence-electron chi connectivity index (χ3n) is 4.39. The molecule has 0 aromatic heterocycles. The molecule has 0 saturated carbocycles. The van der Waals surface area contributed by atoms with Gasteiger partial charge < -0.3 is 5.32 Å². The van der Waals surface area contributed by atoms with Gasteiger partial charge in [-0.2, -0.15) is 13.2 Å². The fourth-order valence-corrected chi connectivity index (χ4v) is 3.14. The van der Waals surface area contributed by atoms with E-state index in [4.69, 9.17) is 11.6 Å². The highest BCUT2D eigenvalue weighted by Gasteiger charge is 2.37. The minimum absolute atomic E-state index is 0.0550. The third-order valence-corrected chi connectivity index (χ3v) is 4.82. The molecule has 2 aromatic carbocycles. The Morgan fingerprint density at radius 3 is 2.59 bits per heavy atom. The standard InChI is InChI=1S/C21H17ClF3NO/c1-13-12-14(10-11-18(13)22)15-6-3-5-9-19(15)26-20(27)16-7-2-4-8-17(16)21(23,24)25/h3-6,8-12H,2,7H2,1H3,(H,26,27). The lowest BCUT2D eigenvalue weighted by molar-refractivity contribution is -0.115. The molecular weight excluding hydrogens is 375 g/mol. The van der Waals surface area contributed by atoms with Gasteiger partial charge in [-0.1, -0.05) is 48.0 Å². The lowest BCUT2D eigenvalue weighted by atomic mass is 9.96. The predicted octanol–water partition coefficient (Wildman–Crippen LogP) is 6.46. The number of nitrogens with one attached hydrogen (secondary N) is 1. The highest BCUT2D eigenvalue weighted by atomic mass is 35.5. The zero-order chi connectivity index (χ0) is 19.6. The second kappa shape index (κ2) is 7.61. The Kier molecular flexibility index (Phi) is 5.42. The summed E-state index contributed by atoms with van der Waals surface area (Å²) in [5.74, 6) is -0.732. The highest BCUT2D eigenvalue weighted by Crippen LogP contribution is 2.35. The Morgan fingerprint density at radius 2 is 1.89 bits per heavy atom. The van der Waals surface area contributed by atoms with Crippen LogP contribution < -0.4 is 5.32 Å². The molecule has 0 saturated heterocycles. The zero-order valence-corrected chi connectivity index (χ0v) is 15.3. The molecular formula is C21H17ClF3NO. The Hall–Kier alpha value is -2.53. The van der Waals surface area contributed by atoms with E-state index in [2.05, 4.69) is 5.32 Å². The van der Waals surface area contributed by atoms with Crippen LogP contribution in [0.25, 0.3) is 11.1 Å². The summed E-state index contributed by atoms with van der Waals surface area (Å²) in [5.41, 5.74) is 1.73. The number of hydrogen-bond acceptors (Lipinski definition) is 1. The number of anilines is 1. The lowest BCUT2D eigenvalue weighted by Gasteiger charge is -2.19. The molecule has 3 rings (SSSR count). The number of rotatable bonds is 3. The van der Waals surface area contributed by atoms with Gasteiger partial charge in [0.15, 0.2) is 0 Å². The van der Waals surface area contributed by atoms with E-state index < -0.39 is 17.7 Å². The number of halogens is 4. The highest BCUT2D eigenvalue weighted by molar-refractivity contribution is 6.31. The molecule has 0 unspecified atom stereocenters. The van der Waals surface area contributed by atoms with Gasteiger partial charge in [0.25, 0.3) is 5.91 Å². The van der Waals surface area contributed by atoms with Crippen molar-refractivity contribution in [1.29, 1.82) is 0 Å². The number of alkyl halides is 3. The van der Waals surface area contributed by atoms with E-state index in [1.165, 1.54) is 6.08 Å². The summed E-state index contributed by atoms with van der Waals surface area (Å²) in [4.78, 5) is 12.6. The second-order valence-corrected chi connectivity index (χ2v) is 6.70. The molecule has 0 aliphatic heterocycles. The maximum absolute atomic E-state index is 13.2. The van der Waals surface area contributed by atoms with Crippen LogP contribution in [0.4, 0.5) is 18.9 Å². The summed E-state index contributed by atoms with van der Waals surface area (Å²) < 4.78 is 39.6. The molecule has 1 N–H and O–H groups in total. The normalized spacial score (nSPS) is 14.4. The quantitative estimate of drug-likeness (QED) is 0.638. The summed E-state index contributed by atoms with van der Waals surface area (Å²) in [7, 11) is 0. The van der Waals surface area contributed by atoms with Gasteiger partial charge in [0.1, 0.15) is 0 Å². The number of hydrogen-bond donors (Lipinski definition) is 1. The summed E-state index contributed by atoms with van der Waals surface area (Å²) in [6, 6.07) is 12.4. The molecule has 6 heteroatoms. The first-order chi connectivity index (χ1) is 12.8. The molecule has 140 valence electrons. The van der Waals surface area contributed by atoms with E-state index in [0.717, 1.165) is 17.2 Å². The van der Waals surface area contributed by atoms with Crippen molar-refractivity contribution in [3.63, 3.8) is 0 Å². The maximum Gasteiger partial charge on any atom is 0.416 e. The predicted molar refractivity (Wildman–Crippen MR) is 102 cm³/mol. The van der Waals surface area contributed by atoms with Crippen LogP contribution in [0.15, 0.2) is 65.8 Å². The minimum atomic E-state index is -4.56. The molecule has 1 aliphatic rings. The van der Waals surface area contributed by atoms with Gasteiger partial charge in [0, 0.05) is 21.8 Å². The van der Waals surface area contributed by atoms with Gasteiger partial charge in [0.2, 0.25) is 0 Å². The van der Waals surface area contributed by atoms with E-state index >= 15 is 0 Å². The number of aryl methyl sites for hydroxylation is 1. The molecule has 0 fully saturated rings. The van der Waals surface area contributed by atoms with E-state index in [9.17, 15) is 18.0 Å². The Labute approximate surface area is 160 Å².